The van der Waals surface area contributed by atoms with Gasteiger partial charge in [0.1, 0.15) is 4.90 Å². The van der Waals surface area contributed by atoms with Crippen LogP contribution in [0.15, 0.2) is 77.7 Å². The summed E-state index contributed by atoms with van der Waals surface area (Å²) < 4.78 is 44.8. The number of nitrogens with one attached hydrogen (secondary N) is 2. The number of sulfonamides is 1. The molecule has 0 aliphatic rings. The Morgan fingerprint density at radius 1 is 0.788 bits per heavy atom. The van der Waals surface area contributed by atoms with Crippen molar-refractivity contribution < 1.29 is 27.4 Å². The summed E-state index contributed by atoms with van der Waals surface area (Å²) in [6.45, 7) is 0.103. The Labute approximate surface area is 193 Å². The van der Waals surface area contributed by atoms with Crippen molar-refractivity contribution in [2.24, 2.45) is 0 Å². The molecule has 0 saturated heterocycles. The van der Waals surface area contributed by atoms with Crippen molar-refractivity contribution >= 4 is 15.9 Å². The fourth-order valence-corrected chi connectivity index (χ4v) is 4.25. The van der Waals surface area contributed by atoms with Gasteiger partial charge < -0.3 is 19.5 Å². The summed E-state index contributed by atoms with van der Waals surface area (Å²) in [6, 6.07) is 21.4. The average molecular weight is 471 g/mol. The highest BCUT2D eigenvalue weighted by Gasteiger charge is 2.26. The molecular formula is C24H26N2O6S. The number of methoxy groups -OCH3 is 2. The Morgan fingerprint density at radius 3 is 1.97 bits per heavy atom. The van der Waals surface area contributed by atoms with Gasteiger partial charge in [-0.2, -0.15) is 0 Å². The second-order valence-corrected chi connectivity index (χ2v) is 8.72. The summed E-state index contributed by atoms with van der Waals surface area (Å²) in [5.74, 6) is -0.161. The molecule has 33 heavy (non-hydrogen) atoms. The standard InChI is InChI=1S/C24H26N2O6S/c1-30-20-13-14-21(33(28,29)26-16-19-11-7-4-8-12-19)24(31-2)23(20)32-17-22(27)25-15-18-9-5-3-6-10-18/h3-14,26H,15-17H2,1-2H3,(H,25,27). The molecule has 0 unspecified atom stereocenters. The van der Waals surface area contributed by atoms with Crippen molar-refractivity contribution in [3.8, 4) is 17.2 Å². The van der Waals surface area contributed by atoms with Crippen LogP contribution in [0.1, 0.15) is 11.1 Å². The third-order valence-corrected chi connectivity index (χ3v) is 6.17. The summed E-state index contributed by atoms with van der Waals surface area (Å²) in [4.78, 5) is 12.2. The van der Waals surface area contributed by atoms with E-state index in [1.54, 1.807) is 0 Å². The lowest BCUT2D eigenvalue weighted by Gasteiger charge is -2.17. The maximum atomic E-state index is 13.0. The Hall–Kier alpha value is -3.56. The van der Waals surface area contributed by atoms with E-state index in [1.165, 1.54) is 26.4 Å². The predicted octanol–water partition coefficient (Wildman–Crippen LogP) is 2.88. The molecule has 0 aliphatic carbocycles. The van der Waals surface area contributed by atoms with Crippen LogP contribution >= 0.6 is 0 Å². The maximum absolute atomic E-state index is 13.0. The van der Waals surface area contributed by atoms with Gasteiger partial charge >= 0.3 is 0 Å². The number of hydrogen-bond acceptors (Lipinski definition) is 6. The van der Waals surface area contributed by atoms with Gasteiger partial charge in [0.15, 0.2) is 18.1 Å². The van der Waals surface area contributed by atoms with Crippen LogP contribution in [0.5, 0.6) is 17.2 Å². The highest BCUT2D eigenvalue weighted by molar-refractivity contribution is 7.89. The number of ether oxygens (including phenoxy) is 3. The van der Waals surface area contributed by atoms with Gasteiger partial charge in [-0.3, -0.25) is 4.79 Å². The summed E-state index contributed by atoms with van der Waals surface area (Å²) in [6.07, 6.45) is 0. The molecule has 0 spiro atoms. The SMILES string of the molecule is COc1ccc(S(=O)(=O)NCc2ccccc2)c(OC)c1OCC(=O)NCc1ccccc1. The smallest absolute Gasteiger partial charge is 0.258 e. The number of benzene rings is 3. The fourth-order valence-electron chi connectivity index (χ4n) is 3.07. The zero-order valence-electron chi connectivity index (χ0n) is 18.4. The molecule has 0 atom stereocenters. The first-order valence-electron chi connectivity index (χ1n) is 10.2. The number of carbonyl (C=O) groups is 1. The monoisotopic (exact) mass is 470 g/mol. The Morgan fingerprint density at radius 2 is 1.39 bits per heavy atom. The topological polar surface area (TPSA) is 103 Å². The van der Waals surface area contributed by atoms with Crippen molar-refractivity contribution in [3.63, 3.8) is 0 Å². The summed E-state index contributed by atoms with van der Waals surface area (Å²) in [5.41, 5.74) is 1.75. The minimum Gasteiger partial charge on any atom is -0.493 e. The molecule has 0 aromatic heterocycles. The van der Waals surface area contributed by atoms with Crippen LogP contribution in [0.3, 0.4) is 0 Å². The molecule has 0 saturated carbocycles. The molecule has 8 nitrogen and oxygen atoms in total. The molecule has 0 aliphatic heterocycles. The van der Waals surface area contributed by atoms with Crippen LogP contribution in [0.2, 0.25) is 0 Å². The molecular weight excluding hydrogens is 444 g/mol. The molecule has 3 aromatic carbocycles. The first-order valence-corrected chi connectivity index (χ1v) is 11.6. The molecule has 0 radical (unpaired) electrons. The van der Waals surface area contributed by atoms with Crippen molar-refractivity contribution in [2.45, 2.75) is 18.0 Å². The number of carbonyl (C=O) groups excluding carboxylic acids is 1. The largest absolute Gasteiger partial charge is 0.493 e. The lowest BCUT2D eigenvalue weighted by atomic mass is 10.2. The average Bonchev–Trinajstić information content (AvgIpc) is 2.85. The minimum atomic E-state index is -3.94. The highest BCUT2D eigenvalue weighted by atomic mass is 32.2. The van der Waals surface area contributed by atoms with Gasteiger partial charge in [-0.25, -0.2) is 13.1 Å². The Kier molecular flexibility index (Phi) is 8.28. The summed E-state index contributed by atoms with van der Waals surface area (Å²) >= 11 is 0. The van der Waals surface area contributed by atoms with Crippen LogP contribution in [0, 0.1) is 0 Å². The number of hydrogen-bond donors (Lipinski definition) is 2. The maximum Gasteiger partial charge on any atom is 0.258 e. The molecule has 0 fully saturated rings. The van der Waals surface area contributed by atoms with E-state index >= 15 is 0 Å². The van der Waals surface area contributed by atoms with E-state index in [1.807, 2.05) is 60.7 Å². The van der Waals surface area contributed by atoms with Crippen molar-refractivity contribution in [2.75, 3.05) is 20.8 Å². The third-order valence-electron chi connectivity index (χ3n) is 4.74. The van der Waals surface area contributed by atoms with E-state index in [9.17, 15) is 13.2 Å². The van der Waals surface area contributed by atoms with Gasteiger partial charge in [-0.1, -0.05) is 60.7 Å². The Bertz CT molecular complexity index is 1170. The lowest BCUT2D eigenvalue weighted by molar-refractivity contribution is -0.123. The van der Waals surface area contributed by atoms with E-state index < -0.39 is 10.0 Å². The quantitative estimate of drug-likeness (QED) is 0.447. The summed E-state index contributed by atoms with van der Waals surface area (Å²) in [7, 11) is -1.20. The second kappa shape index (κ2) is 11.3. The van der Waals surface area contributed by atoms with Gasteiger partial charge in [0.05, 0.1) is 14.2 Å². The van der Waals surface area contributed by atoms with Gasteiger partial charge in [0.25, 0.3) is 5.91 Å². The lowest BCUT2D eigenvalue weighted by Crippen LogP contribution is -2.28. The first-order chi connectivity index (χ1) is 15.9. The molecule has 2 N–H and O–H groups in total. The predicted molar refractivity (Wildman–Crippen MR) is 124 cm³/mol. The number of amides is 1. The van der Waals surface area contributed by atoms with E-state index in [-0.39, 0.29) is 41.2 Å². The van der Waals surface area contributed by atoms with E-state index in [0.717, 1.165) is 11.1 Å². The van der Waals surface area contributed by atoms with E-state index in [4.69, 9.17) is 14.2 Å². The number of rotatable bonds is 11. The molecule has 174 valence electrons. The molecule has 3 aromatic rings. The fraction of sp³-hybridized carbons (Fsp3) is 0.208. The second-order valence-electron chi connectivity index (χ2n) is 6.99. The molecule has 0 bridgehead atoms. The van der Waals surface area contributed by atoms with E-state index in [2.05, 4.69) is 10.0 Å². The molecule has 9 heteroatoms. The normalized spacial score (nSPS) is 11.0. The van der Waals surface area contributed by atoms with Crippen LogP contribution in [-0.2, 0) is 27.9 Å². The third kappa shape index (κ3) is 6.47. The van der Waals surface area contributed by atoms with Gasteiger partial charge in [0, 0.05) is 13.1 Å². The van der Waals surface area contributed by atoms with Crippen molar-refractivity contribution in [1.29, 1.82) is 0 Å². The van der Waals surface area contributed by atoms with Crippen LogP contribution < -0.4 is 24.2 Å². The van der Waals surface area contributed by atoms with Gasteiger partial charge in [-0.15, -0.1) is 0 Å². The summed E-state index contributed by atoms with van der Waals surface area (Å²) in [5, 5.41) is 2.75. The molecule has 0 heterocycles. The Balaban J connectivity index is 1.75. The first kappa shape index (κ1) is 24.1. The van der Waals surface area contributed by atoms with Gasteiger partial charge in [-0.05, 0) is 23.3 Å². The minimum absolute atomic E-state index is 0.0254. The molecule has 3 rings (SSSR count). The van der Waals surface area contributed by atoms with Crippen LogP contribution in [0.25, 0.3) is 0 Å². The molecule has 1 amide bonds. The zero-order valence-corrected chi connectivity index (χ0v) is 19.2. The zero-order chi connectivity index (χ0) is 23.7. The van der Waals surface area contributed by atoms with Crippen molar-refractivity contribution in [1.82, 2.24) is 10.0 Å². The van der Waals surface area contributed by atoms with Gasteiger partial charge in [0.2, 0.25) is 15.8 Å². The highest BCUT2D eigenvalue weighted by Crippen LogP contribution is 2.42. The van der Waals surface area contributed by atoms with Crippen LogP contribution in [-0.4, -0.2) is 35.2 Å². The van der Waals surface area contributed by atoms with E-state index in [0.29, 0.717) is 6.54 Å². The van der Waals surface area contributed by atoms with Crippen molar-refractivity contribution in [3.05, 3.63) is 83.9 Å². The van der Waals surface area contributed by atoms with Crippen LogP contribution in [0.4, 0.5) is 0 Å².